The predicted octanol–water partition coefficient (Wildman–Crippen LogP) is 4.74. The van der Waals surface area contributed by atoms with Gasteiger partial charge < -0.3 is 9.47 Å². The number of hydrogen-bond acceptors (Lipinski definition) is 7. The summed E-state index contributed by atoms with van der Waals surface area (Å²) in [6, 6.07) is 12.7. The van der Waals surface area contributed by atoms with Gasteiger partial charge in [0.1, 0.15) is 11.9 Å². The summed E-state index contributed by atoms with van der Waals surface area (Å²) in [5, 5.41) is 0. The molecule has 194 valence electrons. The zero-order valence-corrected chi connectivity index (χ0v) is 20.8. The van der Waals surface area contributed by atoms with E-state index >= 15 is 0 Å². The third-order valence-electron chi connectivity index (χ3n) is 6.23. The standard InChI is InChI=1S/C30H27NO7/c1-20(19-29(35)37-24-5-3-2-4-6-24)30(36)38-25-14-7-21(8-15-25)9-16-26(32)22-10-12-23(13-11-22)31-27(33)17-18-28(31)34/h7-18,24H,1-6,19H2/b16-9+. The van der Waals surface area contributed by atoms with Crippen molar-refractivity contribution in [2.45, 2.75) is 44.6 Å². The van der Waals surface area contributed by atoms with E-state index in [1.54, 1.807) is 42.5 Å². The number of imide groups is 1. The van der Waals surface area contributed by atoms with Gasteiger partial charge in [0.15, 0.2) is 5.78 Å². The SMILES string of the molecule is C=C(CC(=O)OC1CCCCC1)C(=O)Oc1ccc(/C=C/C(=O)c2ccc(N3C(=O)C=CC3=O)cc2)cc1. The van der Waals surface area contributed by atoms with Gasteiger partial charge in [0, 0.05) is 23.3 Å². The van der Waals surface area contributed by atoms with Crippen LogP contribution in [-0.4, -0.2) is 35.6 Å². The molecule has 8 nitrogen and oxygen atoms in total. The lowest BCUT2D eigenvalue weighted by Crippen LogP contribution is -2.29. The summed E-state index contributed by atoms with van der Waals surface area (Å²) in [7, 11) is 0. The highest BCUT2D eigenvalue weighted by Crippen LogP contribution is 2.22. The second kappa shape index (κ2) is 12.1. The van der Waals surface area contributed by atoms with Crippen LogP contribution in [0.1, 0.15) is 54.4 Å². The van der Waals surface area contributed by atoms with Gasteiger partial charge in [0.2, 0.25) is 0 Å². The number of anilines is 1. The molecule has 1 heterocycles. The maximum Gasteiger partial charge on any atom is 0.339 e. The average Bonchev–Trinajstić information content (AvgIpc) is 3.26. The number of benzene rings is 2. The van der Waals surface area contributed by atoms with E-state index in [2.05, 4.69) is 6.58 Å². The van der Waals surface area contributed by atoms with Crippen LogP contribution in [0.4, 0.5) is 5.69 Å². The fraction of sp³-hybridized carbons (Fsp3) is 0.233. The van der Waals surface area contributed by atoms with Gasteiger partial charge in [-0.25, -0.2) is 9.69 Å². The van der Waals surface area contributed by atoms with Crippen molar-refractivity contribution in [3.63, 3.8) is 0 Å². The average molecular weight is 514 g/mol. The van der Waals surface area contributed by atoms with Crippen molar-refractivity contribution in [2.75, 3.05) is 4.90 Å². The molecule has 0 radical (unpaired) electrons. The van der Waals surface area contributed by atoms with Crippen molar-refractivity contribution in [1.29, 1.82) is 0 Å². The number of hydrogen-bond donors (Lipinski definition) is 0. The van der Waals surface area contributed by atoms with E-state index in [-0.39, 0.29) is 29.6 Å². The van der Waals surface area contributed by atoms with Crippen molar-refractivity contribution in [3.05, 3.63) is 90.0 Å². The van der Waals surface area contributed by atoms with Crippen molar-refractivity contribution >= 4 is 41.3 Å². The van der Waals surface area contributed by atoms with Crippen LogP contribution in [0.5, 0.6) is 5.75 Å². The first-order valence-electron chi connectivity index (χ1n) is 12.4. The van der Waals surface area contributed by atoms with Gasteiger partial charge in [-0.15, -0.1) is 0 Å². The summed E-state index contributed by atoms with van der Waals surface area (Å²) in [5.74, 6) is -2.03. The van der Waals surface area contributed by atoms with E-state index in [4.69, 9.17) is 9.47 Å². The number of carbonyl (C=O) groups is 5. The van der Waals surface area contributed by atoms with Crippen LogP contribution in [0.15, 0.2) is 78.9 Å². The Morgan fingerprint density at radius 1 is 0.895 bits per heavy atom. The van der Waals surface area contributed by atoms with Crippen molar-refractivity contribution in [3.8, 4) is 5.75 Å². The van der Waals surface area contributed by atoms with Gasteiger partial charge in [-0.2, -0.15) is 0 Å². The number of nitrogens with zero attached hydrogens (tertiary/aromatic N) is 1. The minimum absolute atomic E-state index is 0.0149. The molecule has 1 fully saturated rings. The molecule has 0 N–H and O–H groups in total. The monoisotopic (exact) mass is 513 g/mol. The quantitative estimate of drug-likeness (QED) is 0.157. The summed E-state index contributed by atoms with van der Waals surface area (Å²) in [4.78, 5) is 61.5. The maximum absolute atomic E-state index is 12.5. The zero-order chi connectivity index (χ0) is 27.1. The summed E-state index contributed by atoms with van der Waals surface area (Å²) in [6.45, 7) is 3.65. The second-order valence-corrected chi connectivity index (χ2v) is 9.08. The summed E-state index contributed by atoms with van der Waals surface area (Å²) < 4.78 is 10.7. The van der Waals surface area contributed by atoms with Crippen LogP contribution in [0, 0.1) is 0 Å². The van der Waals surface area contributed by atoms with Gasteiger partial charge in [0.25, 0.3) is 11.8 Å². The van der Waals surface area contributed by atoms with E-state index in [9.17, 15) is 24.0 Å². The summed E-state index contributed by atoms with van der Waals surface area (Å²) in [5.41, 5.74) is 1.49. The molecule has 1 aliphatic carbocycles. The van der Waals surface area contributed by atoms with Gasteiger partial charge in [-0.05, 0) is 73.7 Å². The number of rotatable bonds is 9. The fourth-order valence-electron chi connectivity index (χ4n) is 4.18. The van der Waals surface area contributed by atoms with Gasteiger partial charge >= 0.3 is 11.9 Å². The van der Waals surface area contributed by atoms with Gasteiger partial charge in [0.05, 0.1) is 12.1 Å². The fourth-order valence-corrected chi connectivity index (χ4v) is 4.18. The van der Waals surface area contributed by atoms with Crippen LogP contribution in [0.25, 0.3) is 6.08 Å². The molecule has 0 unspecified atom stereocenters. The number of amides is 2. The normalized spacial score (nSPS) is 15.6. The lowest BCUT2D eigenvalue weighted by Gasteiger charge is -2.21. The van der Waals surface area contributed by atoms with E-state index in [0.29, 0.717) is 16.8 Å². The molecule has 2 aromatic rings. The Morgan fingerprint density at radius 3 is 2.16 bits per heavy atom. The maximum atomic E-state index is 12.5. The number of carbonyl (C=O) groups excluding carboxylic acids is 5. The second-order valence-electron chi connectivity index (χ2n) is 9.08. The Morgan fingerprint density at radius 2 is 1.53 bits per heavy atom. The first-order valence-corrected chi connectivity index (χ1v) is 12.4. The molecule has 38 heavy (non-hydrogen) atoms. The van der Waals surface area contributed by atoms with Crippen LogP contribution in [-0.2, 0) is 23.9 Å². The van der Waals surface area contributed by atoms with Gasteiger partial charge in [-0.3, -0.25) is 19.2 Å². The Labute approximate surface area is 220 Å². The highest BCUT2D eigenvalue weighted by atomic mass is 16.5. The Hall–Kier alpha value is -4.59. The number of ether oxygens (including phenoxy) is 2. The topological polar surface area (TPSA) is 107 Å². The molecule has 2 aromatic carbocycles. The molecule has 0 atom stereocenters. The van der Waals surface area contributed by atoms with Crippen LogP contribution >= 0.6 is 0 Å². The first kappa shape index (κ1) is 26.5. The Balaban J connectivity index is 1.26. The van der Waals surface area contributed by atoms with E-state index < -0.39 is 23.8 Å². The molecule has 0 saturated heterocycles. The lowest BCUT2D eigenvalue weighted by atomic mass is 9.98. The largest absolute Gasteiger partial charge is 0.462 e. The summed E-state index contributed by atoms with van der Waals surface area (Å²) >= 11 is 0. The molecule has 1 aliphatic heterocycles. The Bertz CT molecular complexity index is 1300. The van der Waals surface area contributed by atoms with E-state index in [0.717, 1.165) is 37.0 Å². The van der Waals surface area contributed by atoms with Crippen LogP contribution in [0.2, 0.25) is 0 Å². The number of allylic oxidation sites excluding steroid dienone is 1. The van der Waals surface area contributed by atoms with Crippen LogP contribution in [0.3, 0.4) is 0 Å². The molecule has 8 heteroatoms. The highest BCUT2D eigenvalue weighted by molar-refractivity contribution is 6.28. The zero-order valence-electron chi connectivity index (χ0n) is 20.8. The Kier molecular flexibility index (Phi) is 8.43. The molecule has 2 amide bonds. The van der Waals surface area contributed by atoms with Crippen molar-refractivity contribution < 1.29 is 33.4 Å². The molecular weight excluding hydrogens is 486 g/mol. The van der Waals surface area contributed by atoms with E-state index in [1.807, 2.05) is 0 Å². The number of ketones is 1. The van der Waals surface area contributed by atoms with Gasteiger partial charge in [-0.1, -0.05) is 31.2 Å². The van der Waals surface area contributed by atoms with E-state index in [1.165, 1.54) is 30.4 Å². The highest BCUT2D eigenvalue weighted by Gasteiger charge is 2.25. The number of esters is 2. The third kappa shape index (κ3) is 6.79. The molecule has 0 aromatic heterocycles. The molecule has 4 rings (SSSR count). The summed E-state index contributed by atoms with van der Waals surface area (Å²) in [6.07, 6.45) is 10.0. The molecule has 1 saturated carbocycles. The lowest BCUT2D eigenvalue weighted by molar-refractivity contribution is -0.150. The predicted molar refractivity (Wildman–Crippen MR) is 140 cm³/mol. The van der Waals surface area contributed by atoms with Crippen LogP contribution < -0.4 is 9.64 Å². The van der Waals surface area contributed by atoms with Crippen molar-refractivity contribution in [1.82, 2.24) is 0 Å². The smallest absolute Gasteiger partial charge is 0.339 e. The minimum Gasteiger partial charge on any atom is -0.462 e. The molecular formula is C30H27NO7. The molecule has 0 bridgehead atoms. The minimum atomic E-state index is -0.708. The molecule has 0 spiro atoms. The molecule has 2 aliphatic rings. The first-order chi connectivity index (χ1) is 18.3. The third-order valence-corrected chi connectivity index (χ3v) is 6.23. The van der Waals surface area contributed by atoms with Crippen molar-refractivity contribution in [2.24, 2.45) is 0 Å².